The summed E-state index contributed by atoms with van der Waals surface area (Å²) < 4.78 is 0. The molecule has 0 saturated carbocycles. The Morgan fingerprint density at radius 3 is 1.47 bits per heavy atom. The summed E-state index contributed by atoms with van der Waals surface area (Å²) in [5, 5.41) is 6.76. The average molecular weight is 407 g/mol. The van der Waals surface area contributed by atoms with Crippen LogP contribution in [0.3, 0.4) is 0 Å². The number of nitrogens with one attached hydrogen (secondary N) is 2. The van der Waals surface area contributed by atoms with E-state index in [4.69, 9.17) is 9.97 Å². The van der Waals surface area contributed by atoms with Crippen LogP contribution in [0.15, 0.2) is 30.9 Å². The van der Waals surface area contributed by atoms with Crippen molar-refractivity contribution in [3.63, 3.8) is 0 Å². The zero-order valence-electron chi connectivity index (χ0n) is 18.4. The number of aromatic nitrogens is 6. The molecule has 0 spiro atoms. The van der Waals surface area contributed by atoms with Crippen LogP contribution in [0.5, 0.6) is 0 Å². The van der Waals surface area contributed by atoms with Crippen molar-refractivity contribution in [3.05, 3.63) is 59.5 Å². The molecule has 0 amide bonds. The molecule has 0 unspecified atom stereocenters. The van der Waals surface area contributed by atoms with Crippen molar-refractivity contribution in [2.45, 2.75) is 52.9 Å². The average Bonchev–Trinajstić information content (AvgIpc) is 2.70. The summed E-state index contributed by atoms with van der Waals surface area (Å²) in [6.07, 6.45) is 8.80. The van der Waals surface area contributed by atoms with E-state index in [-0.39, 0.29) is 5.41 Å². The highest BCUT2D eigenvalue weighted by atomic mass is 15.1. The van der Waals surface area contributed by atoms with E-state index in [1.165, 1.54) is 0 Å². The summed E-state index contributed by atoms with van der Waals surface area (Å²) in [5.41, 5.74) is 1.96. The second-order valence-electron chi connectivity index (χ2n) is 8.42. The lowest BCUT2D eigenvalue weighted by Crippen LogP contribution is -2.20. The fourth-order valence-corrected chi connectivity index (χ4v) is 2.67. The maximum absolute atomic E-state index is 4.70. The molecular weight excluding hydrogens is 376 g/mol. The van der Waals surface area contributed by atoms with Gasteiger partial charge < -0.3 is 10.6 Å². The molecule has 0 fully saturated rings. The number of hydrogen-bond donors (Lipinski definition) is 2. The first-order valence-electron chi connectivity index (χ1n) is 10.2. The predicted molar refractivity (Wildman–Crippen MR) is 119 cm³/mol. The Kier molecular flexibility index (Phi) is 6.87. The van der Waals surface area contributed by atoms with Gasteiger partial charge in [-0.15, -0.1) is 0 Å². The number of rotatable bonds is 8. The largest absolute Gasteiger partial charge is 0.369 e. The van der Waals surface area contributed by atoms with Crippen molar-refractivity contribution in [1.82, 2.24) is 29.9 Å². The van der Waals surface area contributed by atoms with Gasteiger partial charge in [0.2, 0.25) is 0 Å². The monoisotopic (exact) mass is 406 g/mol. The van der Waals surface area contributed by atoms with E-state index < -0.39 is 0 Å². The molecule has 3 aromatic rings. The Morgan fingerprint density at radius 2 is 1.10 bits per heavy atom. The minimum Gasteiger partial charge on any atom is -0.369 e. The minimum absolute atomic E-state index is 0.158. The normalized spacial score (nSPS) is 11.4. The molecule has 0 saturated heterocycles. The van der Waals surface area contributed by atoms with E-state index in [1.807, 2.05) is 44.7 Å². The summed E-state index contributed by atoms with van der Waals surface area (Å²) in [4.78, 5) is 26.8. The standard InChI is InChI=1S/C22H30N8/c1-15-11-25-17(26-12-15)6-8-23-19-10-20(30-21(29-19)22(3,4)5)24-9-7-18-27-13-16(2)14-28-18/h10-14H,6-9H2,1-5H3,(H2,23,24,29,30). The van der Waals surface area contributed by atoms with Gasteiger partial charge in [-0.25, -0.2) is 29.9 Å². The number of aryl methyl sites for hydroxylation is 2. The molecule has 0 radical (unpaired) electrons. The van der Waals surface area contributed by atoms with Crippen LogP contribution in [0.25, 0.3) is 0 Å². The summed E-state index contributed by atoms with van der Waals surface area (Å²) in [6, 6.07) is 1.93. The van der Waals surface area contributed by atoms with Crippen LogP contribution < -0.4 is 10.6 Å². The Labute approximate surface area is 178 Å². The molecule has 3 heterocycles. The van der Waals surface area contributed by atoms with Crippen LogP contribution in [0.1, 0.15) is 49.4 Å². The number of nitrogens with zero attached hydrogens (tertiary/aromatic N) is 6. The second kappa shape index (κ2) is 9.56. The molecule has 0 aliphatic carbocycles. The molecule has 2 N–H and O–H groups in total. The van der Waals surface area contributed by atoms with Crippen molar-refractivity contribution in [2.75, 3.05) is 23.7 Å². The van der Waals surface area contributed by atoms with E-state index in [2.05, 4.69) is 51.3 Å². The van der Waals surface area contributed by atoms with Gasteiger partial charge in [-0.3, -0.25) is 0 Å². The van der Waals surface area contributed by atoms with Crippen molar-refractivity contribution < 1.29 is 0 Å². The van der Waals surface area contributed by atoms with E-state index in [9.17, 15) is 0 Å². The molecule has 8 nitrogen and oxygen atoms in total. The summed E-state index contributed by atoms with van der Waals surface area (Å²) in [5.74, 6) is 3.99. The van der Waals surface area contributed by atoms with Crippen LogP contribution in [-0.4, -0.2) is 43.0 Å². The molecule has 3 rings (SSSR count). The highest BCUT2D eigenvalue weighted by Crippen LogP contribution is 2.22. The Balaban J connectivity index is 1.63. The molecule has 0 bridgehead atoms. The summed E-state index contributed by atoms with van der Waals surface area (Å²) >= 11 is 0. The van der Waals surface area contributed by atoms with Gasteiger partial charge in [-0.2, -0.15) is 0 Å². The SMILES string of the molecule is Cc1cnc(CCNc2cc(NCCc3ncc(C)cn3)nc(C(C)(C)C)n2)nc1. The van der Waals surface area contributed by atoms with Gasteiger partial charge in [-0.1, -0.05) is 20.8 Å². The third-order valence-electron chi connectivity index (χ3n) is 4.38. The lowest BCUT2D eigenvalue weighted by molar-refractivity contribution is 0.546. The number of anilines is 2. The molecule has 30 heavy (non-hydrogen) atoms. The molecule has 0 aliphatic rings. The highest BCUT2D eigenvalue weighted by molar-refractivity contribution is 5.48. The van der Waals surface area contributed by atoms with Gasteiger partial charge in [0.25, 0.3) is 0 Å². The first-order chi connectivity index (χ1) is 14.3. The lowest BCUT2D eigenvalue weighted by atomic mass is 9.96. The zero-order valence-corrected chi connectivity index (χ0v) is 18.4. The first-order valence-corrected chi connectivity index (χ1v) is 10.2. The van der Waals surface area contributed by atoms with Gasteiger partial charge in [0, 0.05) is 62.2 Å². The zero-order chi connectivity index (χ0) is 21.6. The second-order valence-corrected chi connectivity index (χ2v) is 8.42. The molecule has 0 aliphatic heterocycles. The Bertz CT molecular complexity index is 877. The van der Waals surface area contributed by atoms with Crippen LogP contribution in [-0.2, 0) is 18.3 Å². The van der Waals surface area contributed by atoms with Crippen molar-refractivity contribution in [3.8, 4) is 0 Å². The van der Waals surface area contributed by atoms with Gasteiger partial charge >= 0.3 is 0 Å². The third kappa shape index (κ3) is 6.43. The van der Waals surface area contributed by atoms with E-state index in [0.29, 0.717) is 13.1 Å². The molecule has 8 heteroatoms. The molecule has 0 aromatic carbocycles. The number of hydrogen-bond acceptors (Lipinski definition) is 8. The Morgan fingerprint density at radius 1 is 0.700 bits per heavy atom. The fraction of sp³-hybridized carbons (Fsp3) is 0.455. The van der Waals surface area contributed by atoms with Crippen LogP contribution >= 0.6 is 0 Å². The minimum atomic E-state index is -0.158. The van der Waals surface area contributed by atoms with Gasteiger partial charge in [-0.05, 0) is 25.0 Å². The molecule has 3 aromatic heterocycles. The molecular formula is C22H30N8. The van der Waals surface area contributed by atoms with Crippen LogP contribution in [0, 0.1) is 13.8 Å². The van der Waals surface area contributed by atoms with E-state index in [0.717, 1.165) is 53.1 Å². The van der Waals surface area contributed by atoms with Crippen molar-refractivity contribution in [2.24, 2.45) is 0 Å². The molecule has 0 atom stereocenters. The fourth-order valence-electron chi connectivity index (χ4n) is 2.67. The van der Waals surface area contributed by atoms with E-state index in [1.54, 1.807) is 0 Å². The highest BCUT2D eigenvalue weighted by Gasteiger charge is 2.19. The van der Waals surface area contributed by atoms with E-state index >= 15 is 0 Å². The van der Waals surface area contributed by atoms with Crippen molar-refractivity contribution >= 4 is 11.6 Å². The van der Waals surface area contributed by atoms with Gasteiger partial charge in [0.1, 0.15) is 29.1 Å². The topological polar surface area (TPSA) is 101 Å². The van der Waals surface area contributed by atoms with Gasteiger partial charge in [0.05, 0.1) is 0 Å². The predicted octanol–water partition coefficient (Wildman–Crippen LogP) is 3.28. The Hall–Kier alpha value is -3.16. The quantitative estimate of drug-likeness (QED) is 0.588. The summed E-state index contributed by atoms with van der Waals surface area (Å²) in [6.45, 7) is 11.7. The smallest absolute Gasteiger partial charge is 0.138 e. The summed E-state index contributed by atoms with van der Waals surface area (Å²) in [7, 11) is 0. The first kappa shape index (κ1) is 21.5. The van der Waals surface area contributed by atoms with Crippen LogP contribution in [0.4, 0.5) is 11.6 Å². The van der Waals surface area contributed by atoms with Crippen LogP contribution in [0.2, 0.25) is 0 Å². The maximum atomic E-state index is 4.70. The van der Waals surface area contributed by atoms with Crippen molar-refractivity contribution in [1.29, 1.82) is 0 Å². The maximum Gasteiger partial charge on any atom is 0.138 e. The molecule has 158 valence electrons. The lowest BCUT2D eigenvalue weighted by Gasteiger charge is -2.19. The van der Waals surface area contributed by atoms with Gasteiger partial charge in [0.15, 0.2) is 0 Å². The third-order valence-corrected chi connectivity index (χ3v) is 4.38.